The summed E-state index contributed by atoms with van der Waals surface area (Å²) in [7, 11) is 0. The number of nitrogens with two attached hydrogens (primary N) is 1. The van der Waals surface area contributed by atoms with E-state index in [1.807, 2.05) is 31.2 Å². The van der Waals surface area contributed by atoms with E-state index in [0.29, 0.717) is 5.82 Å². The van der Waals surface area contributed by atoms with Crippen LogP contribution >= 0.6 is 0 Å². The zero-order valence-corrected chi connectivity index (χ0v) is 9.79. The third-order valence-corrected chi connectivity index (χ3v) is 2.63. The largest absolute Gasteiger partial charge is 0.391 e. The molecule has 17 heavy (non-hydrogen) atoms. The highest BCUT2D eigenvalue weighted by Gasteiger charge is 2.20. The molecule has 2 unspecified atom stereocenters. The summed E-state index contributed by atoms with van der Waals surface area (Å²) in [4.78, 5) is 4.20. The summed E-state index contributed by atoms with van der Waals surface area (Å²) >= 11 is 0. The van der Waals surface area contributed by atoms with Gasteiger partial charge in [0.2, 0.25) is 11.7 Å². The van der Waals surface area contributed by atoms with Crippen molar-refractivity contribution >= 4 is 0 Å². The van der Waals surface area contributed by atoms with Crippen molar-refractivity contribution in [2.24, 2.45) is 5.73 Å². The molecule has 2 rings (SSSR count). The van der Waals surface area contributed by atoms with E-state index in [2.05, 4.69) is 10.1 Å². The fourth-order valence-electron chi connectivity index (χ4n) is 1.51. The van der Waals surface area contributed by atoms with Gasteiger partial charge in [0.25, 0.3) is 0 Å². The maximum Gasteiger partial charge on any atom is 0.246 e. The van der Waals surface area contributed by atoms with E-state index in [-0.39, 0.29) is 5.89 Å². The Morgan fingerprint density at radius 2 is 2.06 bits per heavy atom. The number of hydrogen-bond acceptors (Lipinski definition) is 5. The summed E-state index contributed by atoms with van der Waals surface area (Å²) in [6.07, 6.45) is -0.722. The number of aromatic nitrogens is 2. The van der Waals surface area contributed by atoms with Crippen LogP contribution in [-0.2, 0) is 0 Å². The van der Waals surface area contributed by atoms with E-state index in [0.717, 1.165) is 11.1 Å². The van der Waals surface area contributed by atoms with Crippen LogP contribution in [0.25, 0.3) is 11.4 Å². The van der Waals surface area contributed by atoms with Gasteiger partial charge in [-0.3, -0.25) is 0 Å². The van der Waals surface area contributed by atoms with E-state index < -0.39 is 12.1 Å². The van der Waals surface area contributed by atoms with Crippen molar-refractivity contribution in [3.63, 3.8) is 0 Å². The molecule has 0 aliphatic carbocycles. The average molecular weight is 233 g/mol. The first-order valence-electron chi connectivity index (χ1n) is 5.43. The number of rotatable bonds is 3. The minimum atomic E-state index is -0.722. The maximum absolute atomic E-state index is 9.36. The van der Waals surface area contributed by atoms with Crippen molar-refractivity contribution in [2.75, 3.05) is 0 Å². The summed E-state index contributed by atoms with van der Waals surface area (Å²) in [5, 5.41) is 13.2. The Morgan fingerprint density at radius 3 is 2.71 bits per heavy atom. The minimum absolute atomic E-state index is 0.248. The fraction of sp³-hybridized carbons (Fsp3) is 0.333. The molecular weight excluding hydrogens is 218 g/mol. The molecule has 0 spiro atoms. The molecule has 1 aromatic carbocycles. The van der Waals surface area contributed by atoms with Gasteiger partial charge >= 0.3 is 0 Å². The van der Waals surface area contributed by atoms with Gasteiger partial charge in [0, 0.05) is 5.56 Å². The summed E-state index contributed by atoms with van der Waals surface area (Å²) in [6.45, 7) is 3.56. The molecule has 0 aliphatic heterocycles. The Kier molecular flexibility index (Phi) is 3.21. The van der Waals surface area contributed by atoms with Crippen LogP contribution < -0.4 is 5.73 Å². The number of nitrogens with zero attached hydrogens (tertiary/aromatic N) is 2. The van der Waals surface area contributed by atoms with Crippen molar-refractivity contribution in [1.82, 2.24) is 10.1 Å². The predicted molar refractivity (Wildman–Crippen MR) is 63.1 cm³/mol. The monoisotopic (exact) mass is 233 g/mol. The van der Waals surface area contributed by atoms with Crippen molar-refractivity contribution in [2.45, 2.75) is 26.0 Å². The van der Waals surface area contributed by atoms with Crippen LogP contribution in [0.1, 0.15) is 24.4 Å². The maximum atomic E-state index is 9.36. The SMILES string of the molecule is Cc1ccccc1-c1noc(C(N)C(C)O)n1. The van der Waals surface area contributed by atoms with Gasteiger partial charge in [-0.05, 0) is 19.4 Å². The van der Waals surface area contributed by atoms with E-state index >= 15 is 0 Å². The molecule has 0 amide bonds. The molecule has 2 aromatic rings. The zero-order chi connectivity index (χ0) is 12.4. The summed E-state index contributed by atoms with van der Waals surface area (Å²) in [6, 6.07) is 7.09. The van der Waals surface area contributed by atoms with Crippen LogP contribution in [0.3, 0.4) is 0 Å². The quantitative estimate of drug-likeness (QED) is 0.837. The first kappa shape index (κ1) is 11.8. The number of aliphatic hydroxyl groups is 1. The van der Waals surface area contributed by atoms with Crippen molar-refractivity contribution in [1.29, 1.82) is 0 Å². The number of aliphatic hydroxyl groups excluding tert-OH is 1. The second kappa shape index (κ2) is 4.65. The van der Waals surface area contributed by atoms with Crippen LogP contribution in [0.4, 0.5) is 0 Å². The van der Waals surface area contributed by atoms with Crippen molar-refractivity contribution in [3.05, 3.63) is 35.7 Å². The number of aryl methyl sites for hydroxylation is 1. The fourth-order valence-corrected chi connectivity index (χ4v) is 1.51. The van der Waals surface area contributed by atoms with Gasteiger partial charge < -0.3 is 15.4 Å². The van der Waals surface area contributed by atoms with E-state index in [1.54, 1.807) is 6.92 Å². The van der Waals surface area contributed by atoms with Crippen molar-refractivity contribution < 1.29 is 9.63 Å². The number of benzene rings is 1. The zero-order valence-electron chi connectivity index (χ0n) is 9.79. The molecule has 0 bridgehead atoms. The lowest BCUT2D eigenvalue weighted by molar-refractivity contribution is 0.146. The Morgan fingerprint density at radius 1 is 1.35 bits per heavy atom. The lowest BCUT2D eigenvalue weighted by Crippen LogP contribution is -2.23. The third kappa shape index (κ3) is 2.35. The smallest absolute Gasteiger partial charge is 0.246 e. The van der Waals surface area contributed by atoms with Gasteiger partial charge in [0.05, 0.1) is 6.10 Å². The molecule has 1 aromatic heterocycles. The molecule has 5 heteroatoms. The van der Waals surface area contributed by atoms with Gasteiger partial charge in [0.1, 0.15) is 6.04 Å². The van der Waals surface area contributed by atoms with Crippen LogP contribution in [0.5, 0.6) is 0 Å². The molecule has 0 saturated heterocycles. The molecule has 0 fully saturated rings. The molecule has 1 heterocycles. The van der Waals surface area contributed by atoms with E-state index in [9.17, 15) is 5.11 Å². The highest BCUT2D eigenvalue weighted by atomic mass is 16.5. The molecule has 90 valence electrons. The van der Waals surface area contributed by atoms with Crippen molar-refractivity contribution in [3.8, 4) is 11.4 Å². The molecule has 0 saturated carbocycles. The van der Waals surface area contributed by atoms with E-state index in [4.69, 9.17) is 10.3 Å². The Balaban J connectivity index is 2.34. The Hall–Kier alpha value is -1.72. The summed E-state index contributed by atoms with van der Waals surface area (Å²) < 4.78 is 5.05. The molecule has 2 atom stereocenters. The molecule has 0 aliphatic rings. The highest BCUT2D eigenvalue weighted by molar-refractivity contribution is 5.58. The average Bonchev–Trinajstić information content (AvgIpc) is 2.77. The van der Waals surface area contributed by atoms with Crippen LogP contribution in [0.2, 0.25) is 0 Å². The van der Waals surface area contributed by atoms with E-state index in [1.165, 1.54) is 0 Å². The molecule has 5 nitrogen and oxygen atoms in total. The summed E-state index contributed by atoms with van der Waals surface area (Å²) in [5.41, 5.74) is 7.68. The van der Waals surface area contributed by atoms with Gasteiger partial charge in [-0.2, -0.15) is 4.98 Å². The first-order chi connectivity index (χ1) is 8.09. The van der Waals surface area contributed by atoms with Gasteiger partial charge in [-0.25, -0.2) is 0 Å². The lowest BCUT2D eigenvalue weighted by atomic mass is 10.1. The minimum Gasteiger partial charge on any atom is -0.391 e. The first-order valence-corrected chi connectivity index (χ1v) is 5.43. The standard InChI is InChI=1S/C12H15N3O2/c1-7-5-3-4-6-9(7)11-14-12(17-15-11)10(13)8(2)16/h3-6,8,10,16H,13H2,1-2H3. The Labute approximate surface area is 99.3 Å². The number of hydrogen-bond donors (Lipinski definition) is 2. The Bertz CT molecular complexity index is 508. The second-order valence-corrected chi connectivity index (χ2v) is 4.04. The predicted octanol–water partition coefficient (Wildman–Crippen LogP) is 1.43. The molecule has 0 radical (unpaired) electrons. The summed E-state index contributed by atoms with van der Waals surface area (Å²) in [5.74, 6) is 0.743. The van der Waals surface area contributed by atoms with Crippen LogP contribution in [0, 0.1) is 6.92 Å². The lowest BCUT2D eigenvalue weighted by Gasteiger charge is -2.08. The van der Waals surface area contributed by atoms with Crippen LogP contribution in [0.15, 0.2) is 28.8 Å². The van der Waals surface area contributed by atoms with Crippen LogP contribution in [-0.4, -0.2) is 21.4 Å². The van der Waals surface area contributed by atoms with Gasteiger partial charge in [-0.1, -0.05) is 29.4 Å². The molecule has 3 N–H and O–H groups in total. The highest BCUT2D eigenvalue weighted by Crippen LogP contribution is 2.21. The molecular formula is C12H15N3O2. The normalized spacial score (nSPS) is 14.6. The third-order valence-electron chi connectivity index (χ3n) is 2.63. The van der Waals surface area contributed by atoms with Gasteiger partial charge in [0.15, 0.2) is 0 Å². The second-order valence-electron chi connectivity index (χ2n) is 4.04. The van der Waals surface area contributed by atoms with Gasteiger partial charge in [-0.15, -0.1) is 0 Å². The topological polar surface area (TPSA) is 85.2 Å².